The van der Waals surface area contributed by atoms with Gasteiger partial charge in [0.05, 0.1) is 17.2 Å². The van der Waals surface area contributed by atoms with Crippen LogP contribution in [0, 0.1) is 22.7 Å². The van der Waals surface area contributed by atoms with Crippen LogP contribution in [0.1, 0.15) is 40.8 Å². The Morgan fingerprint density at radius 2 is 2.21 bits per heavy atom. The summed E-state index contributed by atoms with van der Waals surface area (Å²) in [5, 5.41) is 29.0. The lowest BCUT2D eigenvalue weighted by Crippen LogP contribution is -2.25. The number of β-amino-alcohol motifs (C(OH)–C–C–N with tert-alkyl or cyclic N) is 1. The van der Waals surface area contributed by atoms with Crippen LogP contribution in [0.3, 0.4) is 0 Å². The fourth-order valence-corrected chi connectivity index (χ4v) is 4.41. The summed E-state index contributed by atoms with van der Waals surface area (Å²) in [4.78, 5) is 22.6. The standard InChI is InChI=1S/C20H20N6O2S/c1-2-14-15(8-21)19(26-7-5-13(27)11-26)25-20(16(14)9-22)29-17(18(23)28)12-4-3-6-24-10-12/h3-4,6,10,13,17,27H,2,5,7,11H2,1H3,(H2,23,28). The van der Waals surface area contributed by atoms with Crippen molar-refractivity contribution >= 4 is 23.5 Å². The van der Waals surface area contributed by atoms with Gasteiger partial charge >= 0.3 is 0 Å². The van der Waals surface area contributed by atoms with Crippen LogP contribution in [0.15, 0.2) is 29.6 Å². The number of rotatable bonds is 6. The number of aromatic nitrogens is 2. The van der Waals surface area contributed by atoms with E-state index in [1.807, 2.05) is 11.8 Å². The number of aliphatic hydroxyl groups is 1. The highest BCUT2D eigenvalue weighted by atomic mass is 32.2. The molecule has 0 aliphatic carbocycles. The summed E-state index contributed by atoms with van der Waals surface area (Å²) in [7, 11) is 0. The van der Waals surface area contributed by atoms with E-state index in [0.717, 1.165) is 11.8 Å². The second kappa shape index (κ2) is 8.91. The zero-order chi connectivity index (χ0) is 21.0. The maximum Gasteiger partial charge on any atom is 0.235 e. The maximum absolute atomic E-state index is 12.1. The van der Waals surface area contributed by atoms with E-state index in [1.54, 1.807) is 24.5 Å². The van der Waals surface area contributed by atoms with Gasteiger partial charge in [-0.1, -0.05) is 24.8 Å². The predicted molar refractivity (Wildman–Crippen MR) is 108 cm³/mol. The van der Waals surface area contributed by atoms with Gasteiger partial charge in [-0.25, -0.2) is 4.98 Å². The Labute approximate surface area is 173 Å². The van der Waals surface area contributed by atoms with Crippen LogP contribution in [0.2, 0.25) is 0 Å². The molecule has 3 heterocycles. The lowest BCUT2D eigenvalue weighted by Gasteiger charge is -2.22. The molecule has 2 atom stereocenters. The molecule has 3 N–H and O–H groups in total. The molecule has 0 saturated carbocycles. The lowest BCUT2D eigenvalue weighted by molar-refractivity contribution is -0.117. The van der Waals surface area contributed by atoms with Gasteiger partial charge in [-0.2, -0.15) is 10.5 Å². The summed E-state index contributed by atoms with van der Waals surface area (Å²) in [6.07, 6.45) is 3.69. The first-order valence-electron chi connectivity index (χ1n) is 9.16. The number of nitriles is 2. The molecular formula is C20H20N6O2S. The van der Waals surface area contributed by atoms with Crippen molar-refractivity contribution in [3.05, 3.63) is 46.8 Å². The lowest BCUT2D eigenvalue weighted by atomic mass is 10.0. The molecule has 8 nitrogen and oxygen atoms in total. The van der Waals surface area contributed by atoms with Crippen molar-refractivity contribution < 1.29 is 9.90 Å². The molecule has 0 aromatic carbocycles. The number of hydrogen-bond donors (Lipinski definition) is 2. The number of pyridine rings is 2. The summed E-state index contributed by atoms with van der Waals surface area (Å²) in [5.41, 5.74) is 7.41. The largest absolute Gasteiger partial charge is 0.391 e. The number of aliphatic hydroxyl groups excluding tert-OH is 1. The van der Waals surface area contributed by atoms with Crippen molar-refractivity contribution in [2.45, 2.75) is 36.1 Å². The number of carbonyl (C=O) groups excluding carboxylic acids is 1. The molecule has 0 radical (unpaired) electrons. The zero-order valence-electron chi connectivity index (χ0n) is 15.9. The number of carbonyl (C=O) groups is 1. The van der Waals surface area contributed by atoms with E-state index in [0.29, 0.717) is 53.5 Å². The van der Waals surface area contributed by atoms with Crippen molar-refractivity contribution in [1.29, 1.82) is 10.5 Å². The monoisotopic (exact) mass is 408 g/mol. The Hall–Kier alpha value is -3.14. The molecule has 148 valence electrons. The van der Waals surface area contributed by atoms with Gasteiger partial charge in [0, 0.05) is 25.5 Å². The molecule has 29 heavy (non-hydrogen) atoms. The number of hydrogen-bond acceptors (Lipinski definition) is 8. The number of nitrogens with two attached hydrogens (primary N) is 1. The highest BCUT2D eigenvalue weighted by molar-refractivity contribution is 8.00. The van der Waals surface area contributed by atoms with Crippen molar-refractivity contribution in [2.75, 3.05) is 18.0 Å². The fraction of sp³-hybridized carbons (Fsp3) is 0.350. The number of anilines is 1. The van der Waals surface area contributed by atoms with Crippen LogP contribution in [-0.4, -0.2) is 40.2 Å². The number of amides is 1. The minimum Gasteiger partial charge on any atom is -0.391 e. The molecule has 1 aliphatic rings. The molecule has 2 aromatic heterocycles. The van der Waals surface area contributed by atoms with Crippen LogP contribution < -0.4 is 10.6 Å². The van der Waals surface area contributed by atoms with E-state index in [-0.39, 0.29) is 5.56 Å². The first kappa shape index (κ1) is 20.6. The molecule has 0 spiro atoms. The van der Waals surface area contributed by atoms with Gasteiger partial charge < -0.3 is 15.7 Å². The molecule has 9 heteroatoms. The average Bonchev–Trinajstić information content (AvgIpc) is 3.17. The van der Waals surface area contributed by atoms with E-state index in [4.69, 9.17) is 5.73 Å². The Balaban J connectivity index is 2.13. The summed E-state index contributed by atoms with van der Waals surface area (Å²) >= 11 is 1.08. The van der Waals surface area contributed by atoms with Gasteiger partial charge in [-0.3, -0.25) is 9.78 Å². The Bertz CT molecular complexity index is 999. The number of thioether (sulfide) groups is 1. The van der Waals surface area contributed by atoms with Gasteiger partial charge in [0.1, 0.15) is 28.2 Å². The average molecular weight is 408 g/mol. The summed E-state index contributed by atoms with van der Waals surface area (Å²) < 4.78 is 0. The van der Waals surface area contributed by atoms with Gasteiger partial charge in [0.2, 0.25) is 5.91 Å². The molecule has 1 aliphatic heterocycles. The fourth-order valence-electron chi connectivity index (χ4n) is 3.36. The van der Waals surface area contributed by atoms with Gasteiger partial charge in [0.15, 0.2) is 0 Å². The molecule has 1 amide bonds. The van der Waals surface area contributed by atoms with E-state index in [1.165, 1.54) is 0 Å². The Kier molecular flexibility index (Phi) is 6.32. The zero-order valence-corrected chi connectivity index (χ0v) is 16.7. The maximum atomic E-state index is 12.1. The highest BCUT2D eigenvalue weighted by Gasteiger charge is 2.30. The normalized spacial score (nSPS) is 16.8. The van der Waals surface area contributed by atoms with Crippen molar-refractivity contribution in [2.24, 2.45) is 5.73 Å². The minimum absolute atomic E-state index is 0.271. The summed E-state index contributed by atoms with van der Waals surface area (Å²) in [6, 6.07) is 7.76. The topological polar surface area (TPSA) is 140 Å². The number of primary amides is 1. The summed E-state index contributed by atoms with van der Waals surface area (Å²) in [5.74, 6) is -0.147. The van der Waals surface area contributed by atoms with Gasteiger partial charge in [0.25, 0.3) is 0 Å². The van der Waals surface area contributed by atoms with Gasteiger partial charge in [-0.15, -0.1) is 0 Å². The van der Waals surface area contributed by atoms with Crippen LogP contribution in [0.25, 0.3) is 0 Å². The van der Waals surface area contributed by atoms with Crippen molar-refractivity contribution in [3.8, 4) is 12.1 Å². The third kappa shape index (κ3) is 4.16. The molecule has 3 rings (SSSR count). The summed E-state index contributed by atoms with van der Waals surface area (Å²) in [6.45, 7) is 2.79. The highest BCUT2D eigenvalue weighted by Crippen LogP contribution is 2.39. The van der Waals surface area contributed by atoms with E-state index in [2.05, 4.69) is 22.1 Å². The van der Waals surface area contributed by atoms with Gasteiger partial charge in [-0.05, 0) is 30.0 Å². The van der Waals surface area contributed by atoms with Crippen LogP contribution >= 0.6 is 11.8 Å². The SMILES string of the molecule is CCc1c(C#N)c(SC(C(N)=O)c2cccnc2)nc(N2CCC(O)C2)c1C#N. The predicted octanol–water partition coefficient (Wildman–Crippen LogP) is 1.67. The third-order valence-corrected chi connectivity index (χ3v) is 6.02. The van der Waals surface area contributed by atoms with Crippen LogP contribution in [0.5, 0.6) is 0 Å². The van der Waals surface area contributed by atoms with E-state index < -0.39 is 17.3 Å². The van der Waals surface area contributed by atoms with Crippen molar-refractivity contribution in [3.63, 3.8) is 0 Å². The second-order valence-corrected chi connectivity index (χ2v) is 7.72. The smallest absolute Gasteiger partial charge is 0.235 e. The van der Waals surface area contributed by atoms with E-state index in [9.17, 15) is 20.4 Å². The molecule has 2 aromatic rings. The second-order valence-electron chi connectivity index (χ2n) is 6.62. The molecular weight excluding hydrogens is 388 g/mol. The van der Waals surface area contributed by atoms with Crippen LogP contribution in [0.4, 0.5) is 5.82 Å². The third-order valence-electron chi connectivity index (χ3n) is 4.76. The minimum atomic E-state index is -0.780. The number of nitrogens with zero attached hydrogens (tertiary/aromatic N) is 5. The van der Waals surface area contributed by atoms with Crippen LogP contribution in [-0.2, 0) is 11.2 Å². The quantitative estimate of drug-likeness (QED) is 0.688. The molecule has 0 bridgehead atoms. The Morgan fingerprint density at radius 1 is 1.45 bits per heavy atom. The molecule has 1 fully saturated rings. The first-order valence-corrected chi connectivity index (χ1v) is 10.0. The molecule has 1 saturated heterocycles. The molecule has 2 unspecified atom stereocenters. The van der Waals surface area contributed by atoms with E-state index >= 15 is 0 Å². The van der Waals surface area contributed by atoms with Crippen molar-refractivity contribution in [1.82, 2.24) is 9.97 Å². The first-order chi connectivity index (χ1) is 14.0. The Morgan fingerprint density at radius 3 is 2.72 bits per heavy atom.